The predicted molar refractivity (Wildman–Crippen MR) is 101 cm³/mol. The predicted octanol–water partition coefficient (Wildman–Crippen LogP) is 4.64. The standard InChI is InChI=1S/C22H22O5/c1-13(2)4-6-16-18(24-3)9-7-15-17(23)11-20(27-22(15)16)14-5-8-19-21(10-14)26-12-25-19/h4-5,7-10,20H,6,11-12H2,1-3H3/t20-/m1/s1. The van der Waals surface area contributed by atoms with Crippen LogP contribution in [-0.4, -0.2) is 19.7 Å². The lowest BCUT2D eigenvalue weighted by Gasteiger charge is -2.28. The van der Waals surface area contributed by atoms with E-state index in [0.717, 1.165) is 16.9 Å². The second-order valence-electron chi connectivity index (χ2n) is 6.96. The van der Waals surface area contributed by atoms with Crippen LogP contribution in [0.15, 0.2) is 42.0 Å². The first-order valence-corrected chi connectivity index (χ1v) is 8.99. The summed E-state index contributed by atoms with van der Waals surface area (Å²) in [7, 11) is 1.63. The van der Waals surface area contributed by atoms with E-state index < -0.39 is 0 Å². The monoisotopic (exact) mass is 366 g/mol. The van der Waals surface area contributed by atoms with Crippen LogP contribution in [0.2, 0.25) is 0 Å². The Kier molecular flexibility index (Phi) is 4.52. The zero-order chi connectivity index (χ0) is 19.0. The molecule has 1 atom stereocenters. The van der Waals surface area contributed by atoms with E-state index in [1.807, 2.05) is 38.1 Å². The quantitative estimate of drug-likeness (QED) is 0.738. The van der Waals surface area contributed by atoms with E-state index in [2.05, 4.69) is 6.08 Å². The van der Waals surface area contributed by atoms with Crippen molar-refractivity contribution in [2.24, 2.45) is 0 Å². The van der Waals surface area contributed by atoms with Crippen molar-refractivity contribution in [1.29, 1.82) is 0 Å². The van der Waals surface area contributed by atoms with Gasteiger partial charge in [0.05, 0.1) is 19.1 Å². The molecule has 0 amide bonds. The molecule has 5 heteroatoms. The molecule has 0 spiro atoms. The Bertz CT molecular complexity index is 925. The first-order valence-electron chi connectivity index (χ1n) is 8.99. The van der Waals surface area contributed by atoms with Gasteiger partial charge in [0, 0.05) is 5.56 Å². The minimum atomic E-state index is -0.364. The minimum absolute atomic E-state index is 0.0695. The number of ether oxygens (including phenoxy) is 4. The number of methoxy groups -OCH3 is 1. The lowest BCUT2D eigenvalue weighted by atomic mass is 9.93. The highest BCUT2D eigenvalue weighted by atomic mass is 16.7. The fourth-order valence-corrected chi connectivity index (χ4v) is 3.42. The maximum Gasteiger partial charge on any atom is 0.231 e. The lowest BCUT2D eigenvalue weighted by molar-refractivity contribution is 0.0847. The topological polar surface area (TPSA) is 54.0 Å². The number of carbonyl (C=O) groups excluding carboxylic acids is 1. The van der Waals surface area contributed by atoms with E-state index in [0.29, 0.717) is 35.7 Å². The highest BCUT2D eigenvalue weighted by Gasteiger charge is 2.31. The molecule has 0 unspecified atom stereocenters. The fourth-order valence-electron chi connectivity index (χ4n) is 3.42. The number of allylic oxidation sites excluding steroid dienone is 2. The van der Waals surface area contributed by atoms with Gasteiger partial charge in [0.1, 0.15) is 17.6 Å². The molecule has 0 saturated heterocycles. The second-order valence-corrected chi connectivity index (χ2v) is 6.96. The molecule has 27 heavy (non-hydrogen) atoms. The number of Topliss-reactive ketones (excluding diaryl/α,β-unsaturated/α-hetero) is 1. The van der Waals surface area contributed by atoms with Gasteiger partial charge in [-0.05, 0) is 50.1 Å². The lowest BCUT2D eigenvalue weighted by Crippen LogP contribution is -2.21. The van der Waals surface area contributed by atoms with E-state index in [1.54, 1.807) is 13.2 Å². The maximum atomic E-state index is 12.8. The molecule has 2 aromatic carbocycles. The van der Waals surface area contributed by atoms with Crippen LogP contribution in [0.5, 0.6) is 23.0 Å². The van der Waals surface area contributed by atoms with E-state index in [9.17, 15) is 4.79 Å². The van der Waals surface area contributed by atoms with Gasteiger partial charge >= 0.3 is 0 Å². The highest BCUT2D eigenvalue weighted by molar-refractivity contribution is 6.00. The van der Waals surface area contributed by atoms with E-state index in [-0.39, 0.29) is 18.7 Å². The first-order chi connectivity index (χ1) is 13.1. The van der Waals surface area contributed by atoms with Crippen LogP contribution in [0.1, 0.15) is 47.9 Å². The SMILES string of the molecule is COc1ccc2c(c1CC=C(C)C)O[C@@H](c1ccc3c(c1)OCO3)CC2=O. The third kappa shape index (κ3) is 3.25. The molecule has 2 aliphatic heterocycles. The van der Waals surface area contributed by atoms with Crippen molar-refractivity contribution in [3.63, 3.8) is 0 Å². The second kappa shape index (κ2) is 6.99. The molecule has 0 radical (unpaired) electrons. The van der Waals surface area contributed by atoms with Crippen molar-refractivity contribution in [3.05, 3.63) is 58.7 Å². The number of rotatable bonds is 4. The average Bonchev–Trinajstić information content (AvgIpc) is 3.13. The van der Waals surface area contributed by atoms with Crippen molar-refractivity contribution in [3.8, 4) is 23.0 Å². The molecule has 5 nitrogen and oxygen atoms in total. The molecule has 2 heterocycles. The third-order valence-corrected chi connectivity index (χ3v) is 4.85. The van der Waals surface area contributed by atoms with Gasteiger partial charge in [0.15, 0.2) is 17.3 Å². The fraction of sp³-hybridized carbons (Fsp3) is 0.318. The van der Waals surface area contributed by atoms with Crippen LogP contribution < -0.4 is 18.9 Å². The molecule has 0 N–H and O–H groups in total. The summed E-state index contributed by atoms with van der Waals surface area (Å²) in [5.41, 5.74) is 3.61. The van der Waals surface area contributed by atoms with Gasteiger partial charge in [-0.15, -0.1) is 0 Å². The van der Waals surface area contributed by atoms with Crippen LogP contribution in [-0.2, 0) is 6.42 Å². The normalized spacial score (nSPS) is 17.1. The smallest absolute Gasteiger partial charge is 0.231 e. The highest BCUT2D eigenvalue weighted by Crippen LogP contribution is 2.43. The summed E-state index contributed by atoms with van der Waals surface area (Å²) in [5.74, 6) is 2.81. The summed E-state index contributed by atoms with van der Waals surface area (Å²) in [6, 6.07) is 9.30. The summed E-state index contributed by atoms with van der Waals surface area (Å²) < 4.78 is 22.7. The van der Waals surface area contributed by atoms with Gasteiger partial charge in [-0.1, -0.05) is 17.7 Å². The van der Waals surface area contributed by atoms with Gasteiger partial charge in [-0.2, -0.15) is 0 Å². The van der Waals surface area contributed by atoms with Crippen LogP contribution in [0.3, 0.4) is 0 Å². The summed E-state index contributed by atoms with van der Waals surface area (Å²) in [6.07, 6.45) is 2.68. The summed E-state index contributed by atoms with van der Waals surface area (Å²) >= 11 is 0. The molecule has 140 valence electrons. The molecular weight excluding hydrogens is 344 g/mol. The Labute approximate surface area is 158 Å². The largest absolute Gasteiger partial charge is 0.496 e. The van der Waals surface area contributed by atoms with Crippen LogP contribution in [0.4, 0.5) is 0 Å². The minimum Gasteiger partial charge on any atom is -0.496 e. The third-order valence-electron chi connectivity index (χ3n) is 4.85. The van der Waals surface area contributed by atoms with Crippen LogP contribution >= 0.6 is 0 Å². The first kappa shape index (κ1) is 17.5. The molecule has 2 aliphatic rings. The number of ketones is 1. The van der Waals surface area contributed by atoms with Crippen LogP contribution in [0.25, 0.3) is 0 Å². The molecule has 0 aromatic heterocycles. The van der Waals surface area contributed by atoms with Gasteiger partial charge in [0.2, 0.25) is 6.79 Å². The Morgan fingerprint density at radius 1 is 1.19 bits per heavy atom. The maximum absolute atomic E-state index is 12.8. The van der Waals surface area contributed by atoms with Gasteiger partial charge in [-0.3, -0.25) is 4.79 Å². The summed E-state index contributed by atoms with van der Waals surface area (Å²) in [5, 5.41) is 0. The molecule has 0 aliphatic carbocycles. The number of benzene rings is 2. The number of hydrogen-bond acceptors (Lipinski definition) is 5. The van der Waals surface area contributed by atoms with Gasteiger partial charge < -0.3 is 18.9 Å². The van der Waals surface area contributed by atoms with Gasteiger partial charge in [0.25, 0.3) is 0 Å². The Hall–Kier alpha value is -2.95. The summed E-state index contributed by atoms with van der Waals surface area (Å²) in [6.45, 7) is 4.31. The van der Waals surface area contributed by atoms with Crippen molar-refractivity contribution in [2.75, 3.05) is 13.9 Å². The molecule has 0 bridgehead atoms. The van der Waals surface area contributed by atoms with E-state index >= 15 is 0 Å². The Balaban J connectivity index is 1.73. The average molecular weight is 366 g/mol. The van der Waals surface area contributed by atoms with Crippen molar-refractivity contribution >= 4 is 5.78 Å². The summed E-state index contributed by atoms with van der Waals surface area (Å²) in [4.78, 5) is 12.8. The van der Waals surface area contributed by atoms with E-state index in [4.69, 9.17) is 18.9 Å². The number of carbonyl (C=O) groups is 1. The molecule has 0 saturated carbocycles. The van der Waals surface area contributed by atoms with Gasteiger partial charge in [-0.25, -0.2) is 0 Å². The number of fused-ring (bicyclic) bond motifs is 2. The molecule has 2 aromatic rings. The zero-order valence-corrected chi connectivity index (χ0v) is 15.7. The van der Waals surface area contributed by atoms with Crippen molar-refractivity contribution in [2.45, 2.75) is 32.8 Å². The van der Waals surface area contributed by atoms with Crippen molar-refractivity contribution < 1.29 is 23.7 Å². The molecule has 0 fully saturated rings. The molecule has 4 rings (SSSR count). The Morgan fingerprint density at radius 2 is 2.00 bits per heavy atom. The van der Waals surface area contributed by atoms with Crippen LogP contribution in [0, 0.1) is 0 Å². The molecular formula is C22H22O5. The zero-order valence-electron chi connectivity index (χ0n) is 15.7. The number of hydrogen-bond donors (Lipinski definition) is 0. The Morgan fingerprint density at radius 3 is 2.78 bits per heavy atom. The van der Waals surface area contributed by atoms with Crippen molar-refractivity contribution in [1.82, 2.24) is 0 Å². The van der Waals surface area contributed by atoms with E-state index in [1.165, 1.54) is 5.57 Å².